The van der Waals surface area contributed by atoms with E-state index in [1.807, 2.05) is 25.3 Å². The third-order valence-corrected chi connectivity index (χ3v) is 1.87. The highest BCUT2D eigenvalue weighted by atomic mass is 15.0. The van der Waals surface area contributed by atoms with Crippen molar-refractivity contribution in [2.75, 3.05) is 11.9 Å². The fraction of sp³-hybridized carbons (Fsp3) is 0.500. The number of nitrogens with zero attached hydrogens (tertiary/aromatic N) is 1. The van der Waals surface area contributed by atoms with Crippen molar-refractivity contribution in [1.82, 2.24) is 4.98 Å². The monoisotopic (exact) mass is 179 g/mol. The van der Waals surface area contributed by atoms with Crippen molar-refractivity contribution in [3.63, 3.8) is 0 Å². The molecule has 0 bridgehead atoms. The molecule has 0 aliphatic carbocycles. The number of aromatic nitrogens is 1. The Balaban J connectivity index is 2.59. The van der Waals surface area contributed by atoms with Crippen LogP contribution in [0.4, 0.5) is 5.82 Å². The molecule has 1 atom stereocenters. The fourth-order valence-corrected chi connectivity index (χ4v) is 1.03. The number of hydrogen-bond acceptors (Lipinski definition) is 3. The molecule has 1 heterocycles. The number of hydrogen-bond donors (Lipinski definition) is 2. The molecule has 0 fully saturated rings. The van der Waals surface area contributed by atoms with Gasteiger partial charge in [-0.15, -0.1) is 0 Å². The Kier molecular flexibility index (Phi) is 3.71. The number of nitrogens with one attached hydrogen (secondary N) is 1. The van der Waals surface area contributed by atoms with Gasteiger partial charge < -0.3 is 11.1 Å². The highest BCUT2D eigenvalue weighted by molar-refractivity contribution is 5.35. The zero-order chi connectivity index (χ0) is 9.68. The van der Waals surface area contributed by atoms with Gasteiger partial charge in [0.2, 0.25) is 0 Å². The Bertz CT molecular complexity index is 241. The van der Waals surface area contributed by atoms with Gasteiger partial charge in [-0.1, -0.05) is 13.0 Å². The van der Waals surface area contributed by atoms with Crippen molar-refractivity contribution in [1.29, 1.82) is 0 Å². The summed E-state index contributed by atoms with van der Waals surface area (Å²) in [4.78, 5) is 4.25. The normalized spacial score (nSPS) is 12.5. The minimum atomic E-state index is 0.0627. The molecule has 72 valence electrons. The average molecular weight is 179 g/mol. The molecular formula is C10H17N3. The summed E-state index contributed by atoms with van der Waals surface area (Å²) in [6.07, 6.45) is 2.93. The van der Waals surface area contributed by atoms with E-state index in [4.69, 9.17) is 5.73 Å². The second-order valence-corrected chi connectivity index (χ2v) is 3.19. The SMILES string of the molecule is CCCNc1ccc(C(C)N)cn1. The minimum Gasteiger partial charge on any atom is -0.370 e. The van der Waals surface area contributed by atoms with Crippen LogP contribution in [-0.4, -0.2) is 11.5 Å². The molecule has 0 amide bonds. The third kappa shape index (κ3) is 3.03. The van der Waals surface area contributed by atoms with Crippen LogP contribution in [-0.2, 0) is 0 Å². The van der Waals surface area contributed by atoms with Gasteiger partial charge in [-0.25, -0.2) is 4.98 Å². The Hall–Kier alpha value is -1.09. The molecule has 13 heavy (non-hydrogen) atoms. The molecule has 3 N–H and O–H groups in total. The second kappa shape index (κ2) is 4.82. The van der Waals surface area contributed by atoms with Crippen LogP contribution in [0.1, 0.15) is 31.9 Å². The van der Waals surface area contributed by atoms with Gasteiger partial charge in [-0.05, 0) is 25.0 Å². The first kappa shape index (κ1) is 9.99. The predicted molar refractivity (Wildman–Crippen MR) is 55.6 cm³/mol. The zero-order valence-electron chi connectivity index (χ0n) is 8.25. The summed E-state index contributed by atoms with van der Waals surface area (Å²) in [7, 11) is 0. The van der Waals surface area contributed by atoms with Crippen molar-refractivity contribution >= 4 is 5.82 Å². The summed E-state index contributed by atoms with van der Waals surface area (Å²) in [5.41, 5.74) is 6.77. The number of nitrogens with two attached hydrogens (primary N) is 1. The topological polar surface area (TPSA) is 50.9 Å². The third-order valence-electron chi connectivity index (χ3n) is 1.87. The first-order valence-corrected chi connectivity index (χ1v) is 4.69. The van der Waals surface area contributed by atoms with E-state index in [0.29, 0.717) is 0 Å². The maximum absolute atomic E-state index is 5.70. The standard InChI is InChI=1S/C10H17N3/c1-3-6-12-10-5-4-9(7-13-10)8(2)11/h4-5,7-8H,3,6,11H2,1-2H3,(H,12,13). The predicted octanol–water partition coefficient (Wildman–Crippen LogP) is 1.92. The lowest BCUT2D eigenvalue weighted by molar-refractivity contribution is 0.811. The van der Waals surface area contributed by atoms with Crippen LogP contribution in [0.2, 0.25) is 0 Å². The molecular weight excluding hydrogens is 162 g/mol. The van der Waals surface area contributed by atoms with Crippen LogP contribution in [0.25, 0.3) is 0 Å². The van der Waals surface area contributed by atoms with Gasteiger partial charge in [0.15, 0.2) is 0 Å². The van der Waals surface area contributed by atoms with Crippen LogP contribution in [0.15, 0.2) is 18.3 Å². The molecule has 0 saturated heterocycles. The summed E-state index contributed by atoms with van der Waals surface area (Å²) in [6.45, 7) is 5.05. The Morgan fingerprint density at radius 2 is 2.31 bits per heavy atom. The molecule has 1 aromatic heterocycles. The quantitative estimate of drug-likeness (QED) is 0.742. The molecule has 1 rings (SSSR count). The highest BCUT2D eigenvalue weighted by Gasteiger charge is 1.98. The first-order valence-electron chi connectivity index (χ1n) is 4.69. The molecule has 0 saturated carbocycles. The van der Waals surface area contributed by atoms with Crippen LogP contribution >= 0.6 is 0 Å². The fourth-order valence-electron chi connectivity index (χ4n) is 1.03. The van der Waals surface area contributed by atoms with Crippen molar-refractivity contribution in [2.45, 2.75) is 26.3 Å². The van der Waals surface area contributed by atoms with E-state index < -0.39 is 0 Å². The Morgan fingerprint density at radius 1 is 1.54 bits per heavy atom. The maximum Gasteiger partial charge on any atom is 0.125 e. The van der Waals surface area contributed by atoms with Gasteiger partial charge in [0.05, 0.1) is 0 Å². The minimum absolute atomic E-state index is 0.0627. The van der Waals surface area contributed by atoms with Gasteiger partial charge in [-0.2, -0.15) is 0 Å². The van der Waals surface area contributed by atoms with Crippen LogP contribution in [0, 0.1) is 0 Å². The lowest BCUT2D eigenvalue weighted by atomic mass is 10.1. The van der Waals surface area contributed by atoms with Crippen LogP contribution in [0.5, 0.6) is 0 Å². The maximum atomic E-state index is 5.70. The molecule has 1 aromatic rings. The molecule has 0 radical (unpaired) electrons. The van der Waals surface area contributed by atoms with Gasteiger partial charge >= 0.3 is 0 Å². The Labute approximate surface area is 79.4 Å². The van der Waals surface area contributed by atoms with Crippen LogP contribution in [0.3, 0.4) is 0 Å². The van der Waals surface area contributed by atoms with E-state index in [0.717, 1.165) is 24.3 Å². The molecule has 0 spiro atoms. The largest absolute Gasteiger partial charge is 0.370 e. The van der Waals surface area contributed by atoms with E-state index in [-0.39, 0.29) is 6.04 Å². The van der Waals surface area contributed by atoms with Gasteiger partial charge in [-0.3, -0.25) is 0 Å². The molecule has 3 heteroatoms. The lowest BCUT2D eigenvalue weighted by Crippen LogP contribution is -2.06. The average Bonchev–Trinajstić information content (AvgIpc) is 2.15. The molecule has 0 aliphatic rings. The smallest absolute Gasteiger partial charge is 0.125 e. The van der Waals surface area contributed by atoms with Crippen LogP contribution < -0.4 is 11.1 Å². The molecule has 0 aliphatic heterocycles. The van der Waals surface area contributed by atoms with Gasteiger partial charge in [0.1, 0.15) is 5.82 Å². The number of rotatable bonds is 4. The van der Waals surface area contributed by atoms with E-state index in [9.17, 15) is 0 Å². The second-order valence-electron chi connectivity index (χ2n) is 3.19. The summed E-state index contributed by atoms with van der Waals surface area (Å²) in [5.74, 6) is 0.922. The summed E-state index contributed by atoms with van der Waals surface area (Å²) < 4.78 is 0. The van der Waals surface area contributed by atoms with Crippen molar-refractivity contribution < 1.29 is 0 Å². The van der Waals surface area contributed by atoms with Gasteiger partial charge in [0, 0.05) is 18.8 Å². The number of anilines is 1. The number of pyridine rings is 1. The summed E-state index contributed by atoms with van der Waals surface area (Å²) >= 11 is 0. The molecule has 3 nitrogen and oxygen atoms in total. The lowest BCUT2D eigenvalue weighted by Gasteiger charge is -2.07. The van der Waals surface area contributed by atoms with E-state index >= 15 is 0 Å². The summed E-state index contributed by atoms with van der Waals surface area (Å²) in [6, 6.07) is 4.04. The summed E-state index contributed by atoms with van der Waals surface area (Å²) in [5, 5.41) is 3.21. The highest BCUT2D eigenvalue weighted by Crippen LogP contribution is 2.10. The van der Waals surface area contributed by atoms with E-state index in [2.05, 4.69) is 17.2 Å². The van der Waals surface area contributed by atoms with Gasteiger partial charge in [0.25, 0.3) is 0 Å². The van der Waals surface area contributed by atoms with Crippen molar-refractivity contribution in [3.05, 3.63) is 23.9 Å². The van der Waals surface area contributed by atoms with E-state index in [1.54, 1.807) is 0 Å². The molecule has 1 unspecified atom stereocenters. The molecule has 0 aromatic carbocycles. The van der Waals surface area contributed by atoms with Crippen molar-refractivity contribution in [3.8, 4) is 0 Å². The zero-order valence-corrected chi connectivity index (χ0v) is 8.25. The van der Waals surface area contributed by atoms with E-state index in [1.165, 1.54) is 0 Å². The Morgan fingerprint density at radius 3 is 2.77 bits per heavy atom. The first-order chi connectivity index (χ1) is 6.24. The van der Waals surface area contributed by atoms with Crippen molar-refractivity contribution in [2.24, 2.45) is 5.73 Å².